The topological polar surface area (TPSA) is 105 Å². The van der Waals surface area contributed by atoms with Crippen LogP contribution in [-0.4, -0.2) is 22.2 Å². The summed E-state index contributed by atoms with van der Waals surface area (Å²) in [4.78, 5) is 21.9. The van der Waals surface area contributed by atoms with E-state index in [1.807, 2.05) is 0 Å². The van der Waals surface area contributed by atoms with Crippen LogP contribution in [0.1, 0.15) is 11.1 Å². The summed E-state index contributed by atoms with van der Waals surface area (Å²) in [7, 11) is 0. The van der Waals surface area contributed by atoms with Gasteiger partial charge in [-0.05, 0) is 23.8 Å². The van der Waals surface area contributed by atoms with Gasteiger partial charge in [-0.25, -0.2) is 5.43 Å². The number of amides is 1. The minimum absolute atomic E-state index is 0.0310. The second kappa shape index (κ2) is 7.37. The van der Waals surface area contributed by atoms with Gasteiger partial charge in [0.05, 0.1) is 17.6 Å². The average molecular weight is 334 g/mol. The number of phenols is 1. The maximum absolute atomic E-state index is 11.7. The zero-order valence-corrected chi connectivity index (χ0v) is 12.5. The largest absolute Gasteiger partial charge is 0.508 e. The second-order valence-corrected chi connectivity index (χ2v) is 5.01. The normalized spacial score (nSPS) is 10.7. The number of hydrazone groups is 1. The number of carbonyl (C=O) groups excluding carboxylic acids is 1. The Balaban J connectivity index is 1.96. The number of carbonyl (C=O) groups is 1. The first kappa shape index (κ1) is 16.4. The summed E-state index contributed by atoms with van der Waals surface area (Å²) in [5.74, 6) is -0.230. The van der Waals surface area contributed by atoms with E-state index in [2.05, 4.69) is 10.5 Å². The predicted octanol–water partition coefficient (Wildman–Crippen LogP) is 2.65. The van der Waals surface area contributed by atoms with Crippen molar-refractivity contribution in [2.24, 2.45) is 5.10 Å². The number of hydrogen-bond donors (Lipinski definition) is 2. The van der Waals surface area contributed by atoms with Crippen molar-refractivity contribution in [1.29, 1.82) is 0 Å². The van der Waals surface area contributed by atoms with Crippen LogP contribution >= 0.6 is 11.6 Å². The molecule has 0 aromatic heterocycles. The number of phenolic OH excluding ortho intramolecular Hbond substituents is 1. The van der Waals surface area contributed by atoms with Gasteiger partial charge < -0.3 is 5.11 Å². The fourth-order valence-electron chi connectivity index (χ4n) is 1.77. The lowest BCUT2D eigenvalue weighted by Crippen LogP contribution is -2.19. The molecule has 0 bridgehead atoms. The Labute approximate surface area is 136 Å². The van der Waals surface area contributed by atoms with E-state index in [9.17, 15) is 14.9 Å². The van der Waals surface area contributed by atoms with E-state index in [1.165, 1.54) is 30.5 Å². The highest BCUT2D eigenvalue weighted by atomic mass is 35.5. The number of benzene rings is 2. The van der Waals surface area contributed by atoms with Crippen molar-refractivity contribution in [2.45, 2.75) is 6.42 Å². The molecule has 2 N–H and O–H groups in total. The SMILES string of the molecule is O=C(Cc1ccc(O)cc1)N/N=C\c1ccc(Cl)c([N+](=O)[O-])c1. The van der Waals surface area contributed by atoms with Crippen molar-refractivity contribution in [3.8, 4) is 5.75 Å². The van der Waals surface area contributed by atoms with Crippen LogP contribution in [0.3, 0.4) is 0 Å². The third kappa shape index (κ3) is 4.79. The Morgan fingerprint density at radius 1 is 1.30 bits per heavy atom. The third-order valence-corrected chi connectivity index (χ3v) is 3.19. The van der Waals surface area contributed by atoms with Crippen LogP contribution in [-0.2, 0) is 11.2 Å². The molecular weight excluding hydrogens is 322 g/mol. The first-order valence-corrected chi connectivity index (χ1v) is 6.87. The molecule has 1 amide bonds. The molecule has 0 saturated heterocycles. The third-order valence-electron chi connectivity index (χ3n) is 2.87. The molecule has 0 aliphatic carbocycles. The molecule has 0 aliphatic heterocycles. The standard InChI is InChI=1S/C15H12ClN3O4/c16-13-6-3-11(7-14(13)19(22)23)9-17-18-15(21)8-10-1-4-12(20)5-2-10/h1-7,9,20H,8H2,(H,18,21)/b17-9-. The van der Waals surface area contributed by atoms with E-state index < -0.39 is 4.92 Å². The van der Waals surface area contributed by atoms with Gasteiger partial charge in [0, 0.05) is 11.6 Å². The van der Waals surface area contributed by atoms with E-state index >= 15 is 0 Å². The summed E-state index contributed by atoms with van der Waals surface area (Å²) < 4.78 is 0. The molecule has 7 nitrogen and oxygen atoms in total. The van der Waals surface area contributed by atoms with E-state index in [0.717, 1.165) is 5.56 Å². The molecule has 0 fully saturated rings. The molecule has 2 aromatic carbocycles. The summed E-state index contributed by atoms with van der Waals surface area (Å²) in [5, 5.41) is 23.7. The van der Waals surface area contributed by atoms with Crippen molar-refractivity contribution in [2.75, 3.05) is 0 Å². The van der Waals surface area contributed by atoms with Crippen LogP contribution in [0.4, 0.5) is 5.69 Å². The van der Waals surface area contributed by atoms with Crippen molar-refractivity contribution in [3.63, 3.8) is 0 Å². The molecule has 118 valence electrons. The number of nitro groups is 1. The molecule has 8 heteroatoms. The maximum atomic E-state index is 11.7. The number of nitrogens with zero attached hydrogens (tertiary/aromatic N) is 2. The van der Waals surface area contributed by atoms with Gasteiger partial charge >= 0.3 is 0 Å². The molecule has 0 saturated carbocycles. The molecule has 2 rings (SSSR count). The Bertz CT molecular complexity index is 760. The second-order valence-electron chi connectivity index (χ2n) is 4.60. The lowest BCUT2D eigenvalue weighted by molar-refractivity contribution is -0.384. The van der Waals surface area contributed by atoms with Crippen LogP contribution in [0.15, 0.2) is 47.6 Å². The lowest BCUT2D eigenvalue weighted by atomic mass is 10.1. The van der Waals surface area contributed by atoms with Crippen molar-refractivity contribution in [1.82, 2.24) is 5.43 Å². The van der Waals surface area contributed by atoms with E-state index in [-0.39, 0.29) is 28.8 Å². The van der Waals surface area contributed by atoms with E-state index in [1.54, 1.807) is 18.2 Å². The highest BCUT2D eigenvalue weighted by Gasteiger charge is 2.11. The fraction of sp³-hybridized carbons (Fsp3) is 0.0667. The van der Waals surface area contributed by atoms with Crippen LogP contribution in [0, 0.1) is 10.1 Å². The smallest absolute Gasteiger partial charge is 0.288 e. The van der Waals surface area contributed by atoms with Crippen molar-refractivity contribution >= 4 is 29.4 Å². The van der Waals surface area contributed by atoms with Gasteiger partial charge in [0.15, 0.2) is 0 Å². The Kier molecular flexibility index (Phi) is 5.27. The van der Waals surface area contributed by atoms with Crippen molar-refractivity contribution in [3.05, 3.63) is 68.7 Å². The first-order chi connectivity index (χ1) is 11.0. The lowest BCUT2D eigenvalue weighted by Gasteiger charge is -2.01. The molecule has 0 aliphatic rings. The van der Waals surface area contributed by atoms with E-state index in [0.29, 0.717) is 5.56 Å². The van der Waals surface area contributed by atoms with Crippen molar-refractivity contribution < 1.29 is 14.8 Å². The summed E-state index contributed by atoms with van der Waals surface area (Å²) in [5.41, 5.74) is 3.25. The molecule has 23 heavy (non-hydrogen) atoms. The van der Waals surface area contributed by atoms with Crippen LogP contribution in [0.25, 0.3) is 0 Å². The van der Waals surface area contributed by atoms with Gasteiger partial charge in [0.2, 0.25) is 5.91 Å². The quantitative estimate of drug-likeness (QED) is 0.498. The Hall–Kier alpha value is -2.93. The Morgan fingerprint density at radius 3 is 2.65 bits per heavy atom. The summed E-state index contributed by atoms with van der Waals surface area (Å²) in [6, 6.07) is 10.4. The number of nitrogens with one attached hydrogen (secondary N) is 1. The van der Waals surface area contributed by atoms with Crippen LogP contribution in [0.5, 0.6) is 5.75 Å². The molecule has 2 aromatic rings. The summed E-state index contributed by atoms with van der Waals surface area (Å²) in [6.45, 7) is 0. The zero-order valence-electron chi connectivity index (χ0n) is 11.8. The number of rotatable bonds is 5. The summed E-state index contributed by atoms with van der Waals surface area (Å²) >= 11 is 5.70. The number of halogens is 1. The predicted molar refractivity (Wildman–Crippen MR) is 85.7 cm³/mol. The number of aromatic hydroxyl groups is 1. The first-order valence-electron chi connectivity index (χ1n) is 6.49. The van der Waals surface area contributed by atoms with Gasteiger partial charge in [0.1, 0.15) is 10.8 Å². The Morgan fingerprint density at radius 2 is 2.00 bits per heavy atom. The van der Waals surface area contributed by atoms with Crippen LogP contribution in [0.2, 0.25) is 5.02 Å². The monoisotopic (exact) mass is 333 g/mol. The molecule has 0 radical (unpaired) electrons. The van der Waals surface area contributed by atoms with Crippen LogP contribution < -0.4 is 5.43 Å². The minimum Gasteiger partial charge on any atom is -0.508 e. The number of nitro benzene ring substituents is 1. The minimum atomic E-state index is -0.594. The maximum Gasteiger partial charge on any atom is 0.288 e. The van der Waals surface area contributed by atoms with Gasteiger partial charge in [-0.3, -0.25) is 14.9 Å². The van der Waals surface area contributed by atoms with Gasteiger partial charge in [-0.2, -0.15) is 5.10 Å². The van der Waals surface area contributed by atoms with Gasteiger partial charge in [-0.1, -0.05) is 29.8 Å². The highest BCUT2D eigenvalue weighted by molar-refractivity contribution is 6.32. The van der Waals surface area contributed by atoms with E-state index in [4.69, 9.17) is 16.7 Å². The molecule has 0 unspecified atom stereocenters. The zero-order chi connectivity index (χ0) is 16.8. The molecular formula is C15H12ClN3O4. The molecule has 0 heterocycles. The van der Waals surface area contributed by atoms with Gasteiger partial charge in [0.25, 0.3) is 5.69 Å². The highest BCUT2D eigenvalue weighted by Crippen LogP contribution is 2.24. The van der Waals surface area contributed by atoms with Gasteiger partial charge in [-0.15, -0.1) is 0 Å². The fourth-order valence-corrected chi connectivity index (χ4v) is 1.95. The number of hydrogen-bond acceptors (Lipinski definition) is 5. The average Bonchev–Trinajstić information content (AvgIpc) is 2.51. The molecule has 0 spiro atoms. The summed E-state index contributed by atoms with van der Waals surface area (Å²) in [6.07, 6.45) is 1.39. The molecule has 0 atom stereocenters.